The van der Waals surface area contributed by atoms with Gasteiger partial charge < -0.3 is 25.1 Å². The summed E-state index contributed by atoms with van der Waals surface area (Å²) in [6, 6.07) is 10.3. The lowest BCUT2D eigenvalue weighted by Crippen LogP contribution is -2.33. The number of benzene rings is 1. The highest BCUT2D eigenvalue weighted by atomic mass is 19.1. The largest absolute Gasteiger partial charge is 0.492 e. The minimum Gasteiger partial charge on any atom is -0.492 e. The molecule has 0 saturated carbocycles. The molecular weight excluding hydrogens is 449 g/mol. The van der Waals surface area contributed by atoms with Gasteiger partial charge in [-0.25, -0.2) is 9.37 Å². The number of hydrogen-bond acceptors (Lipinski definition) is 6. The number of para-hydroxylation sites is 1. The Kier molecular flexibility index (Phi) is 5.86. The zero-order valence-corrected chi connectivity index (χ0v) is 19.9. The Labute approximate surface area is 201 Å². The molecule has 0 fully saturated rings. The van der Waals surface area contributed by atoms with Crippen molar-refractivity contribution >= 4 is 28.3 Å². The summed E-state index contributed by atoms with van der Waals surface area (Å²) in [5, 5.41) is 6.21. The molecule has 0 radical (unpaired) electrons. The van der Waals surface area contributed by atoms with E-state index in [9.17, 15) is 9.18 Å². The van der Waals surface area contributed by atoms with Crippen molar-refractivity contribution in [3.8, 4) is 17.0 Å². The number of rotatable bonds is 6. The van der Waals surface area contributed by atoms with Gasteiger partial charge in [-0.3, -0.25) is 9.78 Å². The van der Waals surface area contributed by atoms with Crippen molar-refractivity contribution in [3.63, 3.8) is 0 Å². The third-order valence-corrected chi connectivity index (χ3v) is 6.39. The Morgan fingerprint density at radius 2 is 2.03 bits per heavy atom. The lowest BCUT2D eigenvalue weighted by molar-refractivity contribution is 0.0942. The number of aromatic nitrogens is 3. The van der Waals surface area contributed by atoms with Crippen molar-refractivity contribution in [1.82, 2.24) is 20.3 Å². The number of nitrogens with zero attached hydrogens (tertiary/aromatic N) is 2. The molecule has 3 aromatic heterocycles. The third-order valence-electron chi connectivity index (χ3n) is 6.39. The molecule has 0 spiro atoms. The van der Waals surface area contributed by atoms with Crippen molar-refractivity contribution < 1.29 is 18.7 Å². The zero-order chi connectivity index (χ0) is 24.7. The van der Waals surface area contributed by atoms with Gasteiger partial charge in [0.15, 0.2) is 11.6 Å². The first kappa shape index (κ1) is 22.8. The number of methoxy groups -OCH3 is 2. The summed E-state index contributed by atoms with van der Waals surface area (Å²) in [4.78, 5) is 25.8. The number of hydrogen-bond donors (Lipinski definition) is 3. The highest BCUT2D eigenvalue weighted by Gasteiger charge is 2.32. The van der Waals surface area contributed by atoms with Crippen molar-refractivity contribution in [2.45, 2.75) is 25.9 Å². The Morgan fingerprint density at radius 1 is 1.20 bits per heavy atom. The molecular formula is C26H26FN5O3. The van der Waals surface area contributed by atoms with Crippen LogP contribution in [0.5, 0.6) is 5.75 Å². The maximum atomic E-state index is 14.5. The molecule has 3 N–H and O–H groups in total. The summed E-state index contributed by atoms with van der Waals surface area (Å²) < 4.78 is 25.2. The number of nitrogens with one attached hydrogen (secondary N) is 3. The average molecular weight is 476 g/mol. The van der Waals surface area contributed by atoms with Crippen LogP contribution < -0.4 is 15.4 Å². The topological polar surface area (TPSA) is 101 Å². The second-order valence-electron chi connectivity index (χ2n) is 8.56. The van der Waals surface area contributed by atoms with E-state index in [1.165, 1.54) is 13.2 Å². The van der Waals surface area contributed by atoms with Crippen LogP contribution in [0.1, 0.15) is 47.6 Å². The van der Waals surface area contributed by atoms with Gasteiger partial charge in [-0.15, -0.1) is 0 Å². The van der Waals surface area contributed by atoms with Crippen molar-refractivity contribution in [3.05, 3.63) is 65.4 Å². The molecule has 9 heteroatoms. The maximum absolute atomic E-state index is 14.5. The van der Waals surface area contributed by atoms with E-state index in [1.807, 2.05) is 32.0 Å². The van der Waals surface area contributed by atoms with E-state index < -0.39 is 5.82 Å². The fourth-order valence-electron chi connectivity index (χ4n) is 4.43. The molecule has 4 heterocycles. The molecule has 35 heavy (non-hydrogen) atoms. The van der Waals surface area contributed by atoms with Crippen LogP contribution >= 0.6 is 0 Å². The van der Waals surface area contributed by atoms with Crippen molar-refractivity contribution in [2.75, 3.05) is 26.1 Å². The number of aromatic amines is 1. The van der Waals surface area contributed by atoms with Gasteiger partial charge in [-0.05, 0) is 37.3 Å². The first-order chi connectivity index (χ1) is 16.9. The van der Waals surface area contributed by atoms with Gasteiger partial charge in [-0.2, -0.15) is 0 Å². The van der Waals surface area contributed by atoms with Crippen LogP contribution in [0.2, 0.25) is 0 Å². The quantitative estimate of drug-likeness (QED) is 0.360. The van der Waals surface area contributed by atoms with E-state index in [1.54, 1.807) is 25.4 Å². The van der Waals surface area contributed by atoms with Gasteiger partial charge in [0, 0.05) is 37.0 Å². The number of carbonyl (C=O) groups is 1. The van der Waals surface area contributed by atoms with E-state index in [0.717, 1.165) is 17.0 Å². The van der Waals surface area contributed by atoms with Crippen LogP contribution in [0.4, 0.5) is 15.8 Å². The molecule has 0 bridgehead atoms. The van der Waals surface area contributed by atoms with Gasteiger partial charge in [0.2, 0.25) is 0 Å². The Balaban J connectivity index is 1.77. The summed E-state index contributed by atoms with van der Waals surface area (Å²) in [6.45, 7) is 4.47. The van der Waals surface area contributed by atoms with Crippen LogP contribution in [-0.2, 0) is 4.74 Å². The van der Waals surface area contributed by atoms with Crippen LogP contribution in [0.15, 0.2) is 42.6 Å². The molecule has 1 aliphatic heterocycles. The van der Waals surface area contributed by atoms with Crippen LogP contribution in [0.3, 0.4) is 0 Å². The maximum Gasteiger partial charge on any atom is 0.255 e. The normalized spacial score (nSPS) is 16.0. The summed E-state index contributed by atoms with van der Waals surface area (Å²) >= 11 is 0. The number of ether oxygens (including phenoxy) is 2. The van der Waals surface area contributed by atoms with E-state index in [4.69, 9.17) is 14.5 Å². The Hall–Kier alpha value is -3.98. The minimum atomic E-state index is -0.504. The summed E-state index contributed by atoms with van der Waals surface area (Å²) in [5.74, 6) is -0.600. The Morgan fingerprint density at radius 3 is 2.80 bits per heavy atom. The molecule has 1 aromatic carbocycles. The molecule has 0 saturated heterocycles. The monoisotopic (exact) mass is 475 g/mol. The predicted molar refractivity (Wildman–Crippen MR) is 132 cm³/mol. The smallest absolute Gasteiger partial charge is 0.255 e. The number of carbonyl (C=O) groups excluding carboxylic acids is 1. The lowest BCUT2D eigenvalue weighted by Gasteiger charge is -2.20. The highest BCUT2D eigenvalue weighted by molar-refractivity contribution is 6.08. The SMILES string of the molecule is COc1c(F)cccc1Nc1c(-c2ccnc3ccc([C@@H](C)OC)nc23)[nH]c2c1C(=O)NC[C@H]2C. The van der Waals surface area contributed by atoms with E-state index in [2.05, 4.69) is 20.6 Å². The average Bonchev–Trinajstić information content (AvgIpc) is 3.25. The van der Waals surface area contributed by atoms with E-state index in [-0.39, 0.29) is 23.7 Å². The number of amides is 1. The van der Waals surface area contributed by atoms with E-state index in [0.29, 0.717) is 40.2 Å². The van der Waals surface area contributed by atoms with Crippen LogP contribution in [0, 0.1) is 5.82 Å². The van der Waals surface area contributed by atoms with Crippen LogP contribution in [0.25, 0.3) is 22.3 Å². The van der Waals surface area contributed by atoms with Gasteiger partial charge >= 0.3 is 0 Å². The summed E-state index contributed by atoms with van der Waals surface area (Å²) in [7, 11) is 3.04. The van der Waals surface area contributed by atoms with Crippen molar-refractivity contribution in [1.29, 1.82) is 0 Å². The first-order valence-electron chi connectivity index (χ1n) is 11.3. The number of anilines is 2. The fourth-order valence-corrected chi connectivity index (χ4v) is 4.43. The number of H-pyrrole nitrogens is 1. The molecule has 5 rings (SSSR count). The lowest BCUT2D eigenvalue weighted by atomic mass is 9.98. The van der Waals surface area contributed by atoms with Gasteiger partial charge in [0.1, 0.15) is 0 Å². The molecule has 2 atom stereocenters. The van der Waals surface area contributed by atoms with Gasteiger partial charge in [-0.1, -0.05) is 13.0 Å². The summed E-state index contributed by atoms with van der Waals surface area (Å²) in [5.41, 5.74) is 5.75. The van der Waals surface area contributed by atoms with Gasteiger partial charge in [0.05, 0.1) is 52.6 Å². The number of fused-ring (bicyclic) bond motifs is 2. The molecule has 0 aliphatic carbocycles. The number of halogens is 1. The first-order valence-corrected chi connectivity index (χ1v) is 11.3. The zero-order valence-electron chi connectivity index (χ0n) is 19.9. The van der Waals surface area contributed by atoms with E-state index >= 15 is 0 Å². The van der Waals surface area contributed by atoms with Crippen LogP contribution in [-0.4, -0.2) is 41.6 Å². The molecule has 8 nitrogen and oxygen atoms in total. The summed E-state index contributed by atoms with van der Waals surface area (Å²) in [6.07, 6.45) is 1.50. The standard InChI is InChI=1S/C26H26FN5O3/c1-13-12-29-26(33)20-21(13)32-23(24(20)31-19-7-5-6-16(27)25(19)35-4)15-10-11-28-18-9-8-17(14(2)34-3)30-22(15)18/h5-11,13-14,31-32H,12H2,1-4H3,(H,29,33)/t13-,14-/m1/s1. The number of pyridine rings is 2. The van der Waals surface area contributed by atoms with Crippen molar-refractivity contribution in [2.24, 2.45) is 0 Å². The Bertz CT molecular complexity index is 1430. The highest BCUT2D eigenvalue weighted by Crippen LogP contribution is 2.42. The molecule has 1 amide bonds. The van der Waals surface area contributed by atoms with Gasteiger partial charge in [0.25, 0.3) is 5.91 Å². The molecule has 1 aliphatic rings. The fraction of sp³-hybridized carbons (Fsp3) is 0.269. The third kappa shape index (κ3) is 3.87. The minimum absolute atomic E-state index is 0.0524. The second-order valence-corrected chi connectivity index (χ2v) is 8.56. The predicted octanol–water partition coefficient (Wildman–Crippen LogP) is 5.07. The molecule has 180 valence electrons. The molecule has 4 aromatic rings. The molecule has 0 unspecified atom stereocenters. The second kappa shape index (κ2) is 8.99.